The molecule has 0 bridgehead atoms. The van der Waals surface area contributed by atoms with Crippen LogP contribution in [0.2, 0.25) is 0 Å². The summed E-state index contributed by atoms with van der Waals surface area (Å²) in [4.78, 5) is 5.96. The van der Waals surface area contributed by atoms with Gasteiger partial charge in [0.1, 0.15) is 0 Å². The lowest BCUT2D eigenvalue weighted by Gasteiger charge is -2.41. The Morgan fingerprint density at radius 1 is 1.03 bits per heavy atom. The molecule has 0 amide bonds. The molecule has 0 atom stereocenters. The molecular formula is C24H31N3O3S. The van der Waals surface area contributed by atoms with E-state index in [0.29, 0.717) is 17.5 Å². The number of nitrogens with one attached hydrogen (secondary N) is 2. The van der Waals surface area contributed by atoms with E-state index in [1.54, 1.807) is 0 Å². The molecule has 2 fully saturated rings. The maximum atomic E-state index is 9.92. The van der Waals surface area contributed by atoms with Gasteiger partial charge in [0.25, 0.3) is 0 Å². The van der Waals surface area contributed by atoms with Crippen LogP contribution in [0.15, 0.2) is 48.5 Å². The molecule has 2 aromatic carbocycles. The van der Waals surface area contributed by atoms with Gasteiger partial charge in [0.05, 0.1) is 22.7 Å². The Kier molecular flexibility index (Phi) is 5.95. The third kappa shape index (κ3) is 4.91. The number of nitrogens with zero attached hydrogens (tertiary/aromatic N) is 1. The van der Waals surface area contributed by atoms with Gasteiger partial charge in [-0.05, 0) is 42.2 Å². The van der Waals surface area contributed by atoms with E-state index in [4.69, 9.17) is 4.74 Å². The summed E-state index contributed by atoms with van der Waals surface area (Å²) in [5.41, 5.74) is 5.83. The van der Waals surface area contributed by atoms with Crippen molar-refractivity contribution in [3.8, 4) is 11.3 Å². The number of H-pyrrole nitrogens is 1. The summed E-state index contributed by atoms with van der Waals surface area (Å²) in [5.74, 6) is 0.954. The molecule has 3 heterocycles. The molecule has 6 nitrogen and oxygen atoms in total. The fraction of sp³-hybridized carbons (Fsp3) is 0.417. The van der Waals surface area contributed by atoms with Gasteiger partial charge in [-0.3, -0.25) is 14.0 Å². The number of rotatable bonds is 5. The minimum atomic E-state index is -2.37. The largest absolute Gasteiger partial charge is 0.381 e. The van der Waals surface area contributed by atoms with Gasteiger partial charge >= 0.3 is 0 Å². The van der Waals surface area contributed by atoms with Gasteiger partial charge in [-0.15, -0.1) is 0 Å². The Morgan fingerprint density at radius 2 is 1.77 bits per heavy atom. The van der Waals surface area contributed by atoms with E-state index in [2.05, 4.69) is 57.7 Å². The molecule has 0 unspecified atom stereocenters. The van der Waals surface area contributed by atoms with E-state index in [9.17, 15) is 9.11 Å². The molecule has 2 aliphatic heterocycles. The molecular weight excluding hydrogens is 410 g/mol. The molecule has 0 aliphatic carbocycles. The van der Waals surface area contributed by atoms with E-state index in [1.807, 2.05) is 6.07 Å². The van der Waals surface area contributed by atoms with Crippen molar-refractivity contribution in [3.63, 3.8) is 0 Å². The van der Waals surface area contributed by atoms with Crippen molar-refractivity contribution in [2.45, 2.75) is 25.4 Å². The highest BCUT2D eigenvalue weighted by Gasteiger charge is 2.23. The van der Waals surface area contributed by atoms with Crippen molar-refractivity contribution >= 4 is 27.2 Å². The topological polar surface area (TPSA) is 80.8 Å². The fourth-order valence-corrected chi connectivity index (χ4v) is 5.83. The molecule has 2 aliphatic rings. The van der Waals surface area contributed by atoms with Gasteiger partial charge in [-0.25, -0.2) is 0 Å². The average Bonchev–Trinajstić information content (AvgIpc) is 3.21. The molecule has 7 heteroatoms. The van der Waals surface area contributed by atoms with Crippen molar-refractivity contribution in [1.82, 2.24) is 9.88 Å². The minimum absolute atomic E-state index is 0.415. The van der Waals surface area contributed by atoms with E-state index in [1.165, 1.54) is 16.5 Å². The summed E-state index contributed by atoms with van der Waals surface area (Å²) in [6, 6.07) is 17.6. The van der Waals surface area contributed by atoms with Gasteiger partial charge in [0.2, 0.25) is 0 Å². The second-order valence-electron chi connectivity index (χ2n) is 8.67. The third-order valence-electron chi connectivity index (χ3n) is 6.33. The number of hydrogen-bond donors (Lipinski definition) is 4. The SMILES string of the molecule is OS1(O)CCN(Cc2cc(NC3CCOCC3)c3[nH]c(-c4ccccc4)cc3c2)CC1. The van der Waals surface area contributed by atoms with Crippen molar-refractivity contribution in [2.75, 3.05) is 43.1 Å². The molecule has 31 heavy (non-hydrogen) atoms. The number of aromatic amines is 1. The van der Waals surface area contributed by atoms with E-state index in [0.717, 1.165) is 62.6 Å². The first-order valence-corrected chi connectivity index (χ1v) is 13.0. The summed E-state index contributed by atoms with van der Waals surface area (Å²) in [6.07, 6.45) is 2.03. The van der Waals surface area contributed by atoms with E-state index in [-0.39, 0.29) is 0 Å². The van der Waals surface area contributed by atoms with Crippen LogP contribution in [0, 0.1) is 0 Å². The number of hydrogen-bond acceptors (Lipinski definition) is 5. The van der Waals surface area contributed by atoms with E-state index < -0.39 is 10.6 Å². The maximum Gasteiger partial charge on any atom is 0.0694 e. The van der Waals surface area contributed by atoms with Crippen LogP contribution in [0.3, 0.4) is 0 Å². The van der Waals surface area contributed by atoms with Gasteiger partial charge in [0.15, 0.2) is 0 Å². The maximum absolute atomic E-state index is 9.92. The quantitative estimate of drug-likeness (QED) is 0.448. The summed E-state index contributed by atoms with van der Waals surface area (Å²) in [6.45, 7) is 3.89. The zero-order valence-electron chi connectivity index (χ0n) is 17.7. The van der Waals surface area contributed by atoms with Crippen LogP contribution in [0.5, 0.6) is 0 Å². The predicted octanol–water partition coefficient (Wildman–Crippen LogP) is 4.99. The standard InChI is InChI=1S/C24H31N3O3S/c28-31(29)12-8-27(9-13-31)17-18-14-20-16-22(19-4-2-1-3-5-19)26-24(20)23(15-18)25-21-6-10-30-11-7-21/h1-5,14-16,21,25-26,28-29H,6-13,17H2. The number of fused-ring (bicyclic) bond motifs is 1. The van der Waals surface area contributed by atoms with Gasteiger partial charge in [0, 0.05) is 50.0 Å². The second kappa shape index (κ2) is 8.84. The third-order valence-corrected chi connectivity index (χ3v) is 8.00. The second-order valence-corrected chi connectivity index (χ2v) is 11.1. The van der Waals surface area contributed by atoms with Gasteiger partial charge in [-0.1, -0.05) is 30.3 Å². The van der Waals surface area contributed by atoms with Crippen molar-refractivity contribution in [3.05, 3.63) is 54.1 Å². The Bertz CT molecular complexity index is 1020. The smallest absolute Gasteiger partial charge is 0.0694 e. The molecule has 0 radical (unpaired) electrons. The van der Waals surface area contributed by atoms with E-state index >= 15 is 0 Å². The Morgan fingerprint density at radius 3 is 2.52 bits per heavy atom. The van der Waals surface area contributed by atoms with Crippen molar-refractivity contribution < 1.29 is 13.8 Å². The zero-order valence-corrected chi connectivity index (χ0v) is 18.5. The van der Waals surface area contributed by atoms with Crippen LogP contribution in [0.25, 0.3) is 22.2 Å². The highest BCUT2D eigenvalue weighted by Crippen LogP contribution is 2.40. The normalized spacial score (nSPS) is 21.2. The van der Waals surface area contributed by atoms with Crippen molar-refractivity contribution in [1.29, 1.82) is 0 Å². The summed E-state index contributed by atoms with van der Waals surface area (Å²) < 4.78 is 25.4. The zero-order chi connectivity index (χ0) is 21.3. The number of ether oxygens (including phenoxy) is 1. The summed E-state index contributed by atoms with van der Waals surface area (Å²) >= 11 is 0. The summed E-state index contributed by atoms with van der Waals surface area (Å²) in [7, 11) is -2.37. The first-order chi connectivity index (χ1) is 15.1. The molecule has 3 aromatic rings. The molecule has 0 spiro atoms. The number of anilines is 1. The molecule has 5 rings (SSSR count). The van der Waals surface area contributed by atoms with Crippen LogP contribution in [-0.4, -0.2) is 62.8 Å². The lowest BCUT2D eigenvalue weighted by molar-refractivity contribution is 0.0905. The van der Waals surface area contributed by atoms with Crippen LogP contribution >= 0.6 is 10.6 Å². The lowest BCUT2D eigenvalue weighted by atomic mass is 10.1. The Hall–Kier alpha value is -2.03. The number of aromatic nitrogens is 1. The Labute approximate surface area is 185 Å². The van der Waals surface area contributed by atoms with Crippen LogP contribution in [0.1, 0.15) is 18.4 Å². The van der Waals surface area contributed by atoms with Gasteiger partial charge in [-0.2, -0.15) is 10.6 Å². The molecule has 2 saturated heterocycles. The molecule has 166 valence electrons. The predicted molar refractivity (Wildman–Crippen MR) is 129 cm³/mol. The molecule has 4 N–H and O–H groups in total. The first kappa shape index (κ1) is 20.8. The highest BCUT2D eigenvalue weighted by atomic mass is 32.3. The average molecular weight is 442 g/mol. The van der Waals surface area contributed by atoms with Crippen molar-refractivity contribution in [2.24, 2.45) is 0 Å². The lowest BCUT2D eigenvalue weighted by Crippen LogP contribution is -2.37. The fourth-order valence-electron chi connectivity index (χ4n) is 4.53. The Balaban J connectivity index is 1.46. The molecule has 1 aromatic heterocycles. The first-order valence-electron chi connectivity index (χ1n) is 11.1. The number of benzene rings is 2. The van der Waals surface area contributed by atoms with Crippen LogP contribution < -0.4 is 5.32 Å². The molecule has 0 saturated carbocycles. The monoisotopic (exact) mass is 441 g/mol. The van der Waals surface area contributed by atoms with Crippen LogP contribution in [-0.2, 0) is 11.3 Å². The highest BCUT2D eigenvalue weighted by molar-refractivity contribution is 8.24. The van der Waals surface area contributed by atoms with Gasteiger partial charge < -0.3 is 15.0 Å². The summed E-state index contributed by atoms with van der Waals surface area (Å²) in [5, 5.41) is 4.97. The van der Waals surface area contributed by atoms with Crippen LogP contribution in [0.4, 0.5) is 5.69 Å². The minimum Gasteiger partial charge on any atom is -0.381 e.